The van der Waals surface area contributed by atoms with Crippen LogP contribution in [-0.2, 0) is 20.8 Å². The summed E-state index contributed by atoms with van der Waals surface area (Å²) in [7, 11) is 1.25. The first-order valence-corrected chi connectivity index (χ1v) is 12.3. The minimum Gasteiger partial charge on any atom is -0.469 e. The van der Waals surface area contributed by atoms with Crippen molar-refractivity contribution in [3.63, 3.8) is 0 Å². The zero-order valence-electron chi connectivity index (χ0n) is 21.2. The van der Waals surface area contributed by atoms with E-state index in [2.05, 4.69) is 20.5 Å². The Kier molecular flexibility index (Phi) is 10.3. The molecule has 0 bridgehead atoms. The van der Waals surface area contributed by atoms with Crippen molar-refractivity contribution in [2.24, 2.45) is 10.9 Å². The van der Waals surface area contributed by atoms with E-state index in [9.17, 15) is 14.4 Å². The molecular formula is C26H32ClN5O5. The topological polar surface area (TPSA) is 113 Å². The molecule has 0 spiro atoms. The molecule has 2 aromatic carbocycles. The lowest BCUT2D eigenvalue weighted by molar-refractivity contribution is -0.144. The number of esters is 1. The summed E-state index contributed by atoms with van der Waals surface area (Å²) >= 11 is 5.90. The summed E-state index contributed by atoms with van der Waals surface area (Å²) in [5.41, 5.74) is 3.62. The monoisotopic (exact) mass is 529 g/mol. The molecule has 1 aliphatic rings. The molecule has 3 rings (SSSR count). The van der Waals surface area contributed by atoms with Crippen molar-refractivity contribution in [3.8, 4) is 0 Å². The quantitative estimate of drug-likeness (QED) is 0.305. The smallest absolute Gasteiger partial charge is 0.330 e. The van der Waals surface area contributed by atoms with Crippen LogP contribution in [0.25, 0.3) is 0 Å². The van der Waals surface area contributed by atoms with Crippen molar-refractivity contribution in [2.75, 3.05) is 44.9 Å². The van der Waals surface area contributed by atoms with Gasteiger partial charge in [0, 0.05) is 36.9 Å². The van der Waals surface area contributed by atoms with Crippen LogP contribution < -0.4 is 15.5 Å². The maximum absolute atomic E-state index is 12.9. The second-order valence-electron chi connectivity index (χ2n) is 8.60. The number of methoxy groups -OCH3 is 1. The summed E-state index contributed by atoms with van der Waals surface area (Å²) in [5.74, 6) is -1.25. The van der Waals surface area contributed by atoms with Crippen LogP contribution in [0.3, 0.4) is 0 Å². The summed E-state index contributed by atoms with van der Waals surface area (Å²) in [4.78, 5) is 45.1. The lowest BCUT2D eigenvalue weighted by Gasteiger charge is -2.30. The number of carbonyl (C=O) groups excluding carboxylic acids is 3. The van der Waals surface area contributed by atoms with E-state index in [1.54, 1.807) is 31.2 Å². The Morgan fingerprint density at radius 3 is 2.51 bits per heavy atom. The van der Waals surface area contributed by atoms with Crippen LogP contribution in [0.1, 0.15) is 18.1 Å². The van der Waals surface area contributed by atoms with Gasteiger partial charge in [-0.25, -0.2) is 19.5 Å². The number of aryl methyl sites for hydroxylation is 1. The zero-order chi connectivity index (χ0) is 26.8. The molecule has 10 nitrogen and oxygen atoms in total. The van der Waals surface area contributed by atoms with E-state index >= 15 is 0 Å². The summed E-state index contributed by atoms with van der Waals surface area (Å²) in [6.07, 6.45) is 1.23. The molecule has 1 saturated heterocycles. The number of benzene rings is 2. The van der Waals surface area contributed by atoms with E-state index < -0.39 is 23.9 Å². The number of urea groups is 2. The van der Waals surface area contributed by atoms with Gasteiger partial charge >= 0.3 is 18.0 Å². The first-order valence-electron chi connectivity index (χ1n) is 11.9. The number of aliphatic imine (C=N–C) groups is 1. The predicted octanol–water partition coefficient (Wildman–Crippen LogP) is 3.88. The molecule has 1 aliphatic heterocycles. The zero-order valence-corrected chi connectivity index (χ0v) is 22.0. The summed E-state index contributed by atoms with van der Waals surface area (Å²) in [6.45, 7) is 6.64. The van der Waals surface area contributed by atoms with Crippen LogP contribution in [0.4, 0.5) is 21.0 Å². The average molecular weight is 530 g/mol. The largest absolute Gasteiger partial charge is 0.469 e. The van der Waals surface area contributed by atoms with Gasteiger partial charge in [-0.15, -0.1) is 0 Å². The number of ether oxygens (including phenoxy) is 2. The van der Waals surface area contributed by atoms with E-state index in [4.69, 9.17) is 21.1 Å². The van der Waals surface area contributed by atoms with E-state index in [-0.39, 0.29) is 13.1 Å². The van der Waals surface area contributed by atoms with Gasteiger partial charge in [0.25, 0.3) is 0 Å². The van der Waals surface area contributed by atoms with Crippen LogP contribution in [0, 0.1) is 12.8 Å². The third kappa shape index (κ3) is 8.19. The molecule has 0 unspecified atom stereocenters. The van der Waals surface area contributed by atoms with Crippen LogP contribution >= 0.6 is 11.6 Å². The molecule has 37 heavy (non-hydrogen) atoms. The number of hydrogen-bond donors (Lipinski definition) is 2. The fraction of sp³-hybridized carbons (Fsp3) is 0.385. The summed E-state index contributed by atoms with van der Waals surface area (Å²) in [6, 6.07) is 11.3. The van der Waals surface area contributed by atoms with Crippen LogP contribution in [0.15, 0.2) is 47.5 Å². The minimum absolute atomic E-state index is 0.174. The number of imide groups is 1. The first-order chi connectivity index (χ1) is 17.8. The Labute approximate surface area is 221 Å². The molecule has 0 saturated carbocycles. The molecule has 2 N–H and O–H groups in total. The van der Waals surface area contributed by atoms with Crippen molar-refractivity contribution in [1.82, 2.24) is 15.5 Å². The maximum atomic E-state index is 12.9. The number of rotatable bonds is 8. The molecule has 1 fully saturated rings. The summed E-state index contributed by atoms with van der Waals surface area (Å²) < 4.78 is 10.2. The Hall–Kier alpha value is -3.63. The van der Waals surface area contributed by atoms with Gasteiger partial charge in [0.2, 0.25) is 0 Å². The first kappa shape index (κ1) is 27.9. The highest BCUT2D eigenvalue weighted by Crippen LogP contribution is 2.25. The number of nitrogens with zero attached hydrogens (tertiary/aromatic N) is 3. The molecule has 0 aliphatic carbocycles. The average Bonchev–Trinajstić information content (AvgIpc) is 2.91. The predicted molar refractivity (Wildman–Crippen MR) is 142 cm³/mol. The minimum atomic E-state index is -0.727. The molecule has 2 aromatic rings. The van der Waals surface area contributed by atoms with Gasteiger partial charge in [-0.1, -0.05) is 30.7 Å². The lowest BCUT2D eigenvalue weighted by atomic mass is 10.1. The highest BCUT2D eigenvalue weighted by atomic mass is 35.5. The maximum Gasteiger partial charge on any atom is 0.330 e. The molecular weight excluding hydrogens is 498 g/mol. The number of halogens is 1. The molecule has 0 radical (unpaired) electrons. The standard InChI is InChI=1S/C26H32ClN5O5/c1-18-14-22(8-9-23(18)31-10-12-37-13-11-31)29-17-30-26(35)32(16-19(2)24(33)36-3)25(34)28-15-20-4-6-21(27)7-5-20/h4-9,14,17,19H,10-13,15-16H2,1-3H3,(H,28,34)(H,29,30,35)/t19-/m0/s1. The second kappa shape index (κ2) is 13.6. The number of hydrogen-bond acceptors (Lipinski definition) is 7. The fourth-order valence-electron chi connectivity index (χ4n) is 3.80. The number of anilines is 1. The van der Waals surface area contributed by atoms with Gasteiger partial charge in [0.15, 0.2) is 0 Å². The van der Waals surface area contributed by atoms with Crippen molar-refractivity contribution in [2.45, 2.75) is 20.4 Å². The molecule has 11 heteroatoms. The van der Waals surface area contributed by atoms with E-state index in [0.717, 1.165) is 34.8 Å². The van der Waals surface area contributed by atoms with E-state index in [0.29, 0.717) is 23.9 Å². The highest BCUT2D eigenvalue weighted by molar-refractivity contribution is 6.30. The Bertz CT molecular complexity index is 1120. The van der Waals surface area contributed by atoms with E-state index in [1.807, 2.05) is 25.1 Å². The lowest BCUT2D eigenvalue weighted by Crippen LogP contribution is -2.50. The van der Waals surface area contributed by atoms with Crippen molar-refractivity contribution < 1.29 is 23.9 Å². The van der Waals surface area contributed by atoms with Gasteiger partial charge in [0.05, 0.1) is 38.3 Å². The number of carbonyl (C=O) groups is 3. The van der Waals surface area contributed by atoms with Crippen LogP contribution in [0.2, 0.25) is 5.02 Å². The molecule has 4 amide bonds. The molecule has 198 valence electrons. The van der Waals surface area contributed by atoms with Gasteiger partial charge in [-0.2, -0.15) is 0 Å². The molecule has 0 aromatic heterocycles. The highest BCUT2D eigenvalue weighted by Gasteiger charge is 2.26. The van der Waals surface area contributed by atoms with Gasteiger partial charge in [-0.3, -0.25) is 10.1 Å². The summed E-state index contributed by atoms with van der Waals surface area (Å²) in [5, 5.41) is 5.78. The van der Waals surface area contributed by atoms with Gasteiger partial charge in [-0.05, 0) is 48.4 Å². The van der Waals surface area contributed by atoms with Crippen molar-refractivity contribution in [1.29, 1.82) is 0 Å². The number of amides is 4. The van der Waals surface area contributed by atoms with Crippen LogP contribution in [-0.4, -0.2) is 69.2 Å². The Morgan fingerprint density at radius 2 is 1.86 bits per heavy atom. The molecule has 1 atom stereocenters. The van der Waals surface area contributed by atoms with Crippen molar-refractivity contribution >= 4 is 47.3 Å². The van der Waals surface area contributed by atoms with Crippen molar-refractivity contribution in [3.05, 3.63) is 58.6 Å². The molecule has 1 heterocycles. The van der Waals surface area contributed by atoms with Gasteiger partial charge < -0.3 is 19.7 Å². The normalized spacial score (nSPS) is 14.2. The Balaban J connectivity index is 1.64. The second-order valence-corrected chi connectivity index (χ2v) is 9.03. The third-order valence-corrected chi connectivity index (χ3v) is 6.09. The number of nitrogens with one attached hydrogen (secondary N) is 2. The third-order valence-electron chi connectivity index (χ3n) is 5.84. The number of morpholine rings is 1. The fourth-order valence-corrected chi connectivity index (χ4v) is 3.93. The SMILES string of the molecule is COC(=O)[C@@H](C)CN(C(=O)NC=Nc1ccc(N2CCOCC2)c(C)c1)C(=O)NCc1ccc(Cl)cc1. The van der Waals surface area contributed by atoms with E-state index in [1.165, 1.54) is 13.4 Å². The van der Waals surface area contributed by atoms with Gasteiger partial charge in [0.1, 0.15) is 0 Å². The Morgan fingerprint density at radius 1 is 1.16 bits per heavy atom. The van der Waals surface area contributed by atoms with Crippen LogP contribution in [0.5, 0.6) is 0 Å².